The molecular weight excluding hydrogens is 263 g/mol. The van der Waals surface area contributed by atoms with Gasteiger partial charge in [0.1, 0.15) is 5.82 Å². The number of benzene rings is 2. The average Bonchev–Trinajstić information content (AvgIpc) is 2.38. The summed E-state index contributed by atoms with van der Waals surface area (Å²) in [7, 11) is 0. The van der Waals surface area contributed by atoms with E-state index < -0.39 is 11.8 Å². The summed E-state index contributed by atoms with van der Waals surface area (Å²) < 4.78 is 13.7. The number of aryl methyl sites for hydroxylation is 1. The van der Waals surface area contributed by atoms with Gasteiger partial charge in [-0.05, 0) is 30.2 Å². The standard InChI is InChI=1S/C15H13FO2S/c1-10-5-2-3-6-11(10)9-19-14-12(15(17)18)7-4-8-13(14)16/h2-8H,9H2,1H3,(H,17,18). The summed E-state index contributed by atoms with van der Waals surface area (Å²) in [5, 5.41) is 9.06. The van der Waals surface area contributed by atoms with E-state index in [1.165, 1.54) is 30.0 Å². The monoisotopic (exact) mass is 276 g/mol. The first-order valence-electron chi connectivity index (χ1n) is 5.78. The van der Waals surface area contributed by atoms with E-state index in [1.807, 2.05) is 31.2 Å². The van der Waals surface area contributed by atoms with Crippen LogP contribution in [0, 0.1) is 12.7 Å². The number of hydrogen-bond acceptors (Lipinski definition) is 2. The second-order valence-corrected chi connectivity index (χ2v) is 5.12. The lowest BCUT2D eigenvalue weighted by Gasteiger charge is -2.08. The van der Waals surface area contributed by atoms with Gasteiger partial charge in [0.15, 0.2) is 0 Å². The first-order valence-corrected chi connectivity index (χ1v) is 6.77. The smallest absolute Gasteiger partial charge is 0.336 e. The highest BCUT2D eigenvalue weighted by molar-refractivity contribution is 7.98. The van der Waals surface area contributed by atoms with Gasteiger partial charge in [-0.2, -0.15) is 0 Å². The maximum Gasteiger partial charge on any atom is 0.336 e. The molecule has 0 heterocycles. The largest absolute Gasteiger partial charge is 0.478 e. The van der Waals surface area contributed by atoms with Crippen LogP contribution >= 0.6 is 11.8 Å². The molecule has 0 bridgehead atoms. The summed E-state index contributed by atoms with van der Waals surface area (Å²) in [5.41, 5.74) is 2.20. The van der Waals surface area contributed by atoms with Crippen molar-refractivity contribution in [3.8, 4) is 0 Å². The Bertz CT molecular complexity index is 611. The number of rotatable bonds is 4. The second-order valence-electron chi connectivity index (χ2n) is 4.14. The molecule has 4 heteroatoms. The molecular formula is C15H13FO2S. The second kappa shape index (κ2) is 5.89. The van der Waals surface area contributed by atoms with E-state index in [9.17, 15) is 9.18 Å². The van der Waals surface area contributed by atoms with Gasteiger partial charge in [-0.3, -0.25) is 0 Å². The lowest BCUT2D eigenvalue weighted by atomic mass is 10.1. The Labute approximate surface area is 115 Å². The zero-order valence-corrected chi connectivity index (χ0v) is 11.2. The molecule has 2 rings (SSSR count). The average molecular weight is 276 g/mol. The summed E-state index contributed by atoms with van der Waals surface area (Å²) in [5.74, 6) is -1.04. The van der Waals surface area contributed by atoms with Gasteiger partial charge >= 0.3 is 5.97 Å². The van der Waals surface area contributed by atoms with Crippen LogP contribution in [-0.2, 0) is 5.75 Å². The first-order chi connectivity index (χ1) is 9.09. The summed E-state index contributed by atoms with van der Waals surface area (Å²) in [6.07, 6.45) is 0. The molecule has 0 saturated carbocycles. The molecule has 0 aliphatic carbocycles. The van der Waals surface area contributed by atoms with Crippen molar-refractivity contribution >= 4 is 17.7 Å². The van der Waals surface area contributed by atoms with Gasteiger partial charge in [0, 0.05) is 5.75 Å². The zero-order chi connectivity index (χ0) is 13.8. The molecule has 19 heavy (non-hydrogen) atoms. The Balaban J connectivity index is 2.25. The molecule has 0 fully saturated rings. The van der Waals surface area contributed by atoms with Crippen LogP contribution in [0.4, 0.5) is 4.39 Å². The quantitative estimate of drug-likeness (QED) is 0.853. The molecule has 0 aliphatic rings. The Hall–Kier alpha value is -1.81. The summed E-state index contributed by atoms with van der Waals surface area (Å²) in [6, 6.07) is 11.9. The summed E-state index contributed by atoms with van der Waals surface area (Å²) >= 11 is 1.21. The number of halogens is 1. The van der Waals surface area contributed by atoms with Crippen molar-refractivity contribution in [2.45, 2.75) is 17.6 Å². The Morgan fingerprint density at radius 2 is 1.95 bits per heavy atom. The maximum absolute atomic E-state index is 13.7. The molecule has 0 aliphatic heterocycles. The van der Waals surface area contributed by atoms with Crippen LogP contribution in [0.25, 0.3) is 0 Å². The fourth-order valence-electron chi connectivity index (χ4n) is 1.75. The van der Waals surface area contributed by atoms with Gasteiger partial charge in [0.25, 0.3) is 0 Å². The highest BCUT2D eigenvalue weighted by atomic mass is 32.2. The highest BCUT2D eigenvalue weighted by Crippen LogP contribution is 2.29. The van der Waals surface area contributed by atoms with Crippen LogP contribution in [0.2, 0.25) is 0 Å². The molecule has 0 atom stereocenters. The van der Waals surface area contributed by atoms with Crippen molar-refractivity contribution in [3.63, 3.8) is 0 Å². The molecule has 2 nitrogen and oxygen atoms in total. The third-order valence-corrected chi connectivity index (χ3v) is 3.99. The van der Waals surface area contributed by atoms with E-state index in [0.717, 1.165) is 11.1 Å². The van der Waals surface area contributed by atoms with Crippen LogP contribution < -0.4 is 0 Å². The van der Waals surface area contributed by atoms with E-state index in [1.54, 1.807) is 0 Å². The van der Waals surface area contributed by atoms with Crippen LogP contribution in [0.1, 0.15) is 21.5 Å². The topological polar surface area (TPSA) is 37.3 Å². The summed E-state index contributed by atoms with van der Waals surface area (Å²) in [4.78, 5) is 11.3. The number of thioether (sulfide) groups is 1. The van der Waals surface area contributed by atoms with Gasteiger partial charge in [-0.1, -0.05) is 30.3 Å². The maximum atomic E-state index is 13.7. The van der Waals surface area contributed by atoms with E-state index in [4.69, 9.17) is 5.11 Å². The van der Waals surface area contributed by atoms with Crippen LogP contribution in [-0.4, -0.2) is 11.1 Å². The molecule has 0 saturated heterocycles. The zero-order valence-electron chi connectivity index (χ0n) is 10.4. The van der Waals surface area contributed by atoms with E-state index in [0.29, 0.717) is 5.75 Å². The Morgan fingerprint density at radius 1 is 1.21 bits per heavy atom. The van der Waals surface area contributed by atoms with Crippen LogP contribution in [0.3, 0.4) is 0 Å². The molecule has 2 aromatic carbocycles. The highest BCUT2D eigenvalue weighted by Gasteiger charge is 2.14. The fourth-order valence-corrected chi connectivity index (χ4v) is 2.89. The fraction of sp³-hybridized carbons (Fsp3) is 0.133. The van der Waals surface area contributed by atoms with Crippen molar-refractivity contribution in [1.29, 1.82) is 0 Å². The van der Waals surface area contributed by atoms with E-state index in [2.05, 4.69) is 0 Å². The van der Waals surface area contributed by atoms with Gasteiger partial charge in [-0.15, -0.1) is 11.8 Å². The third-order valence-electron chi connectivity index (χ3n) is 2.83. The van der Waals surface area contributed by atoms with Gasteiger partial charge in [-0.25, -0.2) is 9.18 Å². The molecule has 0 spiro atoms. The van der Waals surface area contributed by atoms with Crippen molar-refractivity contribution in [1.82, 2.24) is 0 Å². The van der Waals surface area contributed by atoms with Crippen molar-refractivity contribution in [2.75, 3.05) is 0 Å². The number of carboxylic acid groups (broad SMARTS) is 1. The molecule has 98 valence electrons. The van der Waals surface area contributed by atoms with E-state index in [-0.39, 0.29) is 10.5 Å². The molecule has 0 unspecified atom stereocenters. The van der Waals surface area contributed by atoms with Crippen molar-refractivity contribution < 1.29 is 14.3 Å². The normalized spacial score (nSPS) is 10.4. The molecule has 0 aromatic heterocycles. The van der Waals surface area contributed by atoms with Crippen LogP contribution in [0.5, 0.6) is 0 Å². The minimum Gasteiger partial charge on any atom is -0.478 e. The minimum atomic E-state index is -1.10. The summed E-state index contributed by atoms with van der Waals surface area (Å²) in [6.45, 7) is 1.98. The molecule has 0 radical (unpaired) electrons. The Morgan fingerprint density at radius 3 is 2.63 bits per heavy atom. The van der Waals surface area contributed by atoms with E-state index >= 15 is 0 Å². The first kappa shape index (κ1) is 13.6. The van der Waals surface area contributed by atoms with Crippen molar-refractivity contribution in [3.05, 3.63) is 65.0 Å². The van der Waals surface area contributed by atoms with Gasteiger partial charge in [0.2, 0.25) is 0 Å². The predicted molar refractivity (Wildman–Crippen MR) is 74.1 cm³/mol. The third kappa shape index (κ3) is 3.15. The number of hydrogen-bond donors (Lipinski definition) is 1. The van der Waals surface area contributed by atoms with Gasteiger partial charge in [0.05, 0.1) is 10.5 Å². The predicted octanol–water partition coefficient (Wildman–Crippen LogP) is 4.12. The number of aromatic carboxylic acids is 1. The lowest BCUT2D eigenvalue weighted by molar-refractivity contribution is 0.0692. The van der Waals surface area contributed by atoms with Gasteiger partial charge < -0.3 is 5.11 Å². The Kier molecular flexibility index (Phi) is 4.22. The molecule has 2 aromatic rings. The van der Waals surface area contributed by atoms with Crippen molar-refractivity contribution in [2.24, 2.45) is 0 Å². The lowest BCUT2D eigenvalue weighted by Crippen LogP contribution is -2.01. The number of carboxylic acids is 1. The molecule has 0 amide bonds. The van der Waals surface area contributed by atoms with Crippen LogP contribution in [0.15, 0.2) is 47.4 Å². The SMILES string of the molecule is Cc1ccccc1CSc1c(F)cccc1C(=O)O. The number of carbonyl (C=O) groups is 1. The minimum absolute atomic E-state index is 0.0126. The molecule has 1 N–H and O–H groups in total.